The number of ether oxygens (including phenoxy) is 1. The average Bonchev–Trinajstić information content (AvgIpc) is 2.41. The second-order valence-corrected chi connectivity index (χ2v) is 3.97. The summed E-state index contributed by atoms with van der Waals surface area (Å²) in [6.45, 7) is 0. The molecule has 2 rings (SSSR count). The zero-order chi connectivity index (χ0) is 13.8. The topological polar surface area (TPSA) is 83.2 Å². The minimum absolute atomic E-state index is 0.0529. The summed E-state index contributed by atoms with van der Waals surface area (Å²) in [5.74, 6) is -0.671. The molecule has 0 radical (unpaired) electrons. The number of benzene rings is 1. The maximum absolute atomic E-state index is 11.1. The predicted molar refractivity (Wildman–Crippen MR) is 67.4 cm³/mol. The van der Waals surface area contributed by atoms with Crippen LogP contribution in [0.25, 0.3) is 0 Å². The van der Waals surface area contributed by atoms with E-state index in [4.69, 9.17) is 26.7 Å². The Morgan fingerprint density at radius 2 is 2.16 bits per heavy atom. The van der Waals surface area contributed by atoms with E-state index in [9.17, 15) is 4.79 Å². The number of aromatic carboxylic acids is 1. The molecule has 0 atom stereocenters. The van der Waals surface area contributed by atoms with Gasteiger partial charge in [-0.1, -0.05) is 11.6 Å². The molecule has 0 saturated carbocycles. The molecule has 1 aromatic carbocycles. The van der Waals surface area contributed by atoms with Gasteiger partial charge in [0.25, 0.3) is 0 Å². The van der Waals surface area contributed by atoms with Gasteiger partial charge in [0.15, 0.2) is 0 Å². The highest BCUT2D eigenvalue weighted by molar-refractivity contribution is 6.31. The van der Waals surface area contributed by atoms with Crippen LogP contribution in [0.3, 0.4) is 0 Å². The monoisotopic (exact) mass is 274 g/mol. The van der Waals surface area contributed by atoms with E-state index in [0.29, 0.717) is 10.8 Å². The van der Waals surface area contributed by atoms with Gasteiger partial charge in [0.1, 0.15) is 28.8 Å². The SMILES string of the molecule is N#Cc1cc(Oc2ccc(Cl)cc2C(=O)O)ccn1. The minimum Gasteiger partial charge on any atom is -0.478 e. The number of aromatic nitrogens is 1. The first-order valence-corrected chi connectivity index (χ1v) is 5.55. The van der Waals surface area contributed by atoms with Crippen molar-refractivity contribution in [1.82, 2.24) is 4.98 Å². The van der Waals surface area contributed by atoms with Gasteiger partial charge >= 0.3 is 5.97 Å². The van der Waals surface area contributed by atoms with Crippen LogP contribution in [0.15, 0.2) is 36.5 Å². The number of nitrogens with zero attached hydrogens (tertiary/aromatic N) is 2. The fourth-order valence-corrected chi connectivity index (χ4v) is 1.59. The Morgan fingerprint density at radius 3 is 2.84 bits per heavy atom. The van der Waals surface area contributed by atoms with E-state index in [1.54, 1.807) is 0 Å². The first-order chi connectivity index (χ1) is 9.10. The molecule has 0 aliphatic heterocycles. The van der Waals surface area contributed by atoms with Crippen LogP contribution in [0.1, 0.15) is 16.1 Å². The Balaban J connectivity index is 2.38. The summed E-state index contributed by atoms with van der Waals surface area (Å²) in [5, 5.41) is 18.1. The van der Waals surface area contributed by atoms with Crippen LogP contribution >= 0.6 is 11.6 Å². The van der Waals surface area contributed by atoms with Crippen molar-refractivity contribution in [3.63, 3.8) is 0 Å². The first-order valence-electron chi connectivity index (χ1n) is 5.17. The maximum atomic E-state index is 11.1. The van der Waals surface area contributed by atoms with Crippen LogP contribution in [-0.4, -0.2) is 16.1 Å². The standard InChI is InChI=1S/C13H7ClN2O3/c14-8-1-2-12(11(5-8)13(17)18)19-10-3-4-16-9(6-10)7-15/h1-6H,(H,17,18). The summed E-state index contributed by atoms with van der Waals surface area (Å²) in [6, 6.07) is 9.09. The van der Waals surface area contributed by atoms with Crippen molar-refractivity contribution in [3.8, 4) is 17.6 Å². The zero-order valence-corrected chi connectivity index (χ0v) is 10.3. The quantitative estimate of drug-likeness (QED) is 0.930. The Labute approximate surface area is 113 Å². The lowest BCUT2D eigenvalue weighted by molar-refractivity contribution is 0.0694. The van der Waals surface area contributed by atoms with Gasteiger partial charge in [-0.05, 0) is 24.3 Å². The molecule has 5 nitrogen and oxygen atoms in total. The molecule has 1 aromatic heterocycles. The molecule has 0 bridgehead atoms. The van der Waals surface area contributed by atoms with Gasteiger partial charge < -0.3 is 9.84 Å². The van der Waals surface area contributed by atoms with E-state index in [2.05, 4.69) is 4.98 Å². The van der Waals surface area contributed by atoms with Gasteiger partial charge in [0.05, 0.1) is 0 Å². The van der Waals surface area contributed by atoms with E-state index >= 15 is 0 Å². The van der Waals surface area contributed by atoms with Crippen molar-refractivity contribution < 1.29 is 14.6 Å². The molecule has 2 aromatic rings. The number of carboxylic acids is 1. The summed E-state index contributed by atoms with van der Waals surface area (Å²) in [5.41, 5.74) is 0.131. The van der Waals surface area contributed by atoms with E-state index < -0.39 is 5.97 Å². The molecular weight excluding hydrogens is 268 g/mol. The second-order valence-electron chi connectivity index (χ2n) is 3.54. The van der Waals surface area contributed by atoms with Gasteiger partial charge in [-0.3, -0.25) is 0 Å². The normalized spacial score (nSPS) is 9.68. The Kier molecular flexibility index (Phi) is 3.64. The summed E-state index contributed by atoms with van der Waals surface area (Å²) in [7, 11) is 0. The van der Waals surface area contributed by atoms with E-state index in [1.807, 2.05) is 6.07 Å². The lowest BCUT2D eigenvalue weighted by atomic mass is 10.2. The molecule has 0 spiro atoms. The van der Waals surface area contributed by atoms with Crippen LogP contribution in [0.4, 0.5) is 0 Å². The van der Waals surface area contributed by atoms with Crippen LogP contribution < -0.4 is 4.74 Å². The Hall–Kier alpha value is -2.58. The summed E-state index contributed by atoms with van der Waals surface area (Å²) < 4.78 is 5.44. The third-order valence-electron chi connectivity index (χ3n) is 2.25. The third kappa shape index (κ3) is 3.00. The van der Waals surface area contributed by atoms with Crippen LogP contribution in [0.2, 0.25) is 5.02 Å². The van der Waals surface area contributed by atoms with Crippen molar-refractivity contribution >= 4 is 17.6 Å². The Bertz CT molecular complexity index is 680. The number of hydrogen-bond acceptors (Lipinski definition) is 4. The van der Waals surface area contributed by atoms with Gasteiger partial charge in [0, 0.05) is 17.3 Å². The highest BCUT2D eigenvalue weighted by Crippen LogP contribution is 2.28. The highest BCUT2D eigenvalue weighted by atomic mass is 35.5. The molecule has 6 heteroatoms. The fraction of sp³-hybridized carbons (Fsp3) is 0. The molecule has 0 unspecified atom stereocenters. The van der Waals surface area contributed by atoms with Crippen LogP contribution in [0.5, 0.6) is 11.5 Å². The molecule has 0 aliphatic carbocycles. The first kappa shape index (κ1) is 12.9. The van der Waals surface area contributed by atoms with Gasteiger partial charge in [-0.2, -0.15) is 5.26 Å². The van der Waals surface area contributed by atoms with Crippen molar-refractivity contribution in [1.29, 1.82) is 5.26 Å². The number of pyridine rings is 1. The lowest BCUT2D eigenvalue weighted by Crippen LogP contribution is -2.00. The van der Waals surface area contributed by atoms with Crippen molar-refractivity contribution in [2.24, 2.45) is 0 Å². The van der Waals surface area contributed by atoms with E-state index in [-0.39, 0.29) is 17.0 Å². The molecule has 0 fully saturated rings. The summed E-state index contributed by atoms with van der Waals surface area (Å²) >= 11 is 5.74. The van der Waals surface area contributed by atoms with E-state index in [1.165, 1.54) is 36.5 Å². The summed E-state index contributed by atoms with van der Waals surface area (Å²) in [4.78, 5) is 14.9. The van der Waals surface area contributed by atoms with Crippen molar-refractivity contribution in [3.05, 3.63) is 52.8 Å². The number of rotatable bonds is 3. The minimum atomic E-state index is -1.15. The number of carboxylic acid groups (broad SMARTS) is 1. The fourth-order valence-electron chi connectivity index (χ4n) is 1.42. The number of hydrogen-bond donors (Lipinski definition) is 1. The molecule has 0 amide bonds. The van der Waals surface area contributed by atoms with Gasteiger partial charge in [0.2, 0.25) is 0 Å². The third-order valence-corrected chi connectivity index (χ3v) is 2.48. The second kappa shape index (κ2) is 5.38. The number of nitriles is 1. The average molecular weight is 275 g/mol. The number of carbonyl (C=O) groups is 1. The molecular formula is C13H7ClN2O3. The molecule has 1 N–H and O–H groups in total. The van der Waals surface area contributed by atoms with Gasteiger partial charge in [-0.25, -0.2) is 9.78 Å². The number of halogens is 1. The van der Waals surface area contributed by atoms with E-state index in [0.717, 1.165) is 0 Å². The molecule has 94 valence electrons. The molecule has 0 aliphatic rings. The maximum Gasteiger partial charge on any atom is 0.339 e. The lowest BCUT2D eigenvalue weighted by Gasteiger charge is -2.08. The molecule has 0 saturated heterocycles. The molecule has 19 heavy (non-hydrogen) atoms. The van der Waals surface area contributed by atoms with Gasteiger partial charge in [-0.15, -0.1) is 0 Å². The van der Waals surface area contributed by atoms with Crippen LogP contribution in [0, 0.1) is 11.3 Å². The van der Waals surface area contributed by atoms with Crippen LogP contribution in [-0.2, 0) is 0 Å². The Morgan fingerprint density at radius 1 is 1.37 bits per heavy atom. The predicted octanol–water partition coefficient (Wildman–Crippen LogP) is 3.10. The van der Waals surface area contributed by atoms with Crippen molar-refractivity contribution in [2.75, 3.05) is 0 Å². The molecule has 1 heterocycles. The zero-order valence-electron chi connectivity index (χ0n) is 9.50. The summed E-state index contributed by atoms with van der Waals surface area (Å²) in [6.07, 6.45) is 1.41. The highest BCUT2D eigenvalue weighted by Gasteiger charge is 2.13. The largest absolute Gasteiger partial charge is 0.478 e. The smallest absolute Gasteiger partial charge is 0.339 e. The van der Waals surface area contributed by atoms with Crippen molar-refractivity contribution in [2.45, 2.75) is 0 Å².